The second-order valence-corrected chi connectivity index (χ2v) is 3.35. The molecular formula is C9H10Cl2F2O. The number of alkyl halides is 2. The molecule has 0 spiro atoms. The van der Waals surface area contributed by atoms with Crippen molar-refractivity contribution >= 4 is 24.0 Å². The molecule has 0 saturated carbocycles. The van der Waals surface area contributed by atoms with Gasteiger partial charge in [0, 0.05) is 11.9 Å². The van der Waals surface area contributed by atoms with Crippen LogP contribution >= 0.6 is 24.0 Å². The molecule has 0 fully saturated rings. The Morgan fingerprint density at radius 3 is 2.07 bits per heavy atom. The smallest absolute Gasteiger partial charge is 0.274 e. The van der Waals surface area contributed by atoms with Crippen molar-refractivity contribution in [2.45, 2.75) is 19.0 Å². The van der Waals surface area contributed by atoms with Crippen molar-refractivity contribution in [1.29, 1.82) is 0 Å². The highest BCUT2D eigenvalue weighted by atomic mass is 35.5. The first-order valence-corrected chi connectivity index (χ1v) is 4.10. The van der Waals surface area contributed by atoms with Gasteiger partial charge < -0.3 is 5.11 Å². The van der Waals surface area contributed by atoms with E-state index in [1.54, 1.807) is 0 Å². The van der Waals surface area contributed by atoms with Gasteiger partial charge in [0.25, 0.3) is 5.92 Å². The molecule has 0 aliphatic heterocycles. The fourth-order valence-electron chi connectivity index (χ4n) is 0.938. The van der Waals surface area contributed by atoms with Crippen molar-refractivity contribution in [2.75, 3.05) is 0 Å². The summed E-state index contributed by atoms with van der Waals surface area (Å²) in [5.74, 6) is -3.13. The van der Waals surface area contributed by atoms with Crippen LogP contribution in [0.15, 0.2) is 24.3 Å². The summed E-state index contributed by atoms with van der Waals surface area (Å²) in [5, 5.41) is 9.61. The molecule has 0 aromatic heterocycles. The summed E-state index contributed by atoms with van der Waals surface area (Å²) in [4.78, 5) is 0. The Labute approximate surface area is 92.1 Å². The van der Waals surface area contributed by atoms with Gasteiger partial charge in [-0.3, -0.25) is 0 Å². The molecule has 1 rings (SSSR count). The molecule has 1 unspecified atom stereocenters. The minimum atomic E-state index is -3.13. The highest BCUT2D eigenvalue weighted by Crippen LogP contribution is 2.30. The van der Waals surface area contributed by atoms with Gasteiger partial charge in [-0.2, -0.15) is 0 Å². The molecule has 0 saturated heterocycles. The van der Waals surface area contributed by atoms with E-state index in [0.29, 0.717) is 11.9 Å². The van der Waals surface area contributed by atoms with Crippen LogP contribution in [0.5, 0.6) is 0 Å². The largest absolute Gasteiger partial charge is 0.382 e. The van der Waals surface area contributed by atoms with Gasteiger partial charge >= 0.3 is 0 Å². The van der Waals surface area contributed by atoms with Gasteiger partial charge in [-0.25, -0.2) is 8.78 Å². The van der Waals surface area contributed by atoms with Gasteiger partial charge in [0.15, 0.2) is 0 Å². The molecule has 14 heavy (non-hydrogen) atoms. The van der Waals surface area contributed by atoms with Crippen LogP contribution in [0.2, 0.25) is 5.02 Å². The maximum atomic E-state index is 12.6. The number of halogens is 4. The molecule has 0 amide bonds. The van der Waals surface area contributed by atoms with E-state index in [4.69, 9.17) is 16.7 Å². The lowest BCUT2D eigenvalue weighted by Crippen LogP contribution is -2.21. The second kappa shape index (κ2) is 4.91. The summed E-state index contributed by atoms with van der Waals surface area (Å²) < 4.78 is 25.2. The SMILES string of the molecule is CC(F)(F)C(O)c1ccc(Cl)cc1.Cl. The first kappa shape index (κ1) is 13.6. The van der Waals surface area contributed by atoms with Gasteiger partial charge in [0.05, 0.1) is 0 Å². The van der Waals surface area contributed by atoms with Crippen LogP contribution in [0, 0.1) is 0 Å². The zero-order valence-corrected chi connectivity index (χ0v) is 8.95. The van der Waals surface area contributed by atoms with E-state index in [1.807, 2.05) is 0 Å². The van der Waals surface area contributed by atoms with Crippen molar-refractivity contribution in [3.8, 4) is 0 Å². The Morgan fingerprint density at radius 2 is 1.71 bits per heavy atom. The molecule has 1 aromatic carbocycles. The summed E-state index contributed by atoms with van der Waals surface area (Å²) in [6.45, 7) is 0.673. The number of hydrogen-bond acceptors (Lipinski definition) is 1. The van der Waals surface area contributed by atoms with E-state index in [0.717, 1.165) is 0 Å². The van der Waals surface area contributed by atoms with Crippen LogP contribution in [0.3, 0.4) is 0 Å². The Bertz CT molecular complexity index is 282. The molecule has 0 heterocycles. The zero-order chi connectivity index (χ0) is 10.1. The highest BCUT2D eigenvalue weighted by Gasteiger charge is 2.33. The van der Waals surface area contributed by atoms with Crippen molar-refractivity contribution in [3.63, 3.8) is 0 Å². The monoisotopic (exact) mass is 242 g/mol. The molecule has 0 aliphatic rings. The quantitative estimate of drug-likeness (QED) is 0.843. The fourth-order valence-corrected chi connectivity index (χ4v) is 1.06. The first-order chi connectivity index (χ1) is 5.91. The highest BCUT2D eigenvalue weighted by molar-refractivity contribution is 6.30. The average Bonchev–Trinajstić information content (AvgIpc) is 2.03. The minimum Gasteiger partial charge on any atom is -0.382 e. The van der Waals surface area contributed by atoms with Crippen molar-refractivity contribution in [3.05, 3.63) is 34.9 Å². The normalized spacial score (nSPS) is 13.2. The average molecular weight is 243 g/mol. The molecule has 0 bridgehead atoms. The lowest BCUT2D eigenvalue weighted by Gasteiger charge is -2.18. The number of rotatable bonds is 2. The van der Waals surface area contributed by atoms with Gasteiger partial charge in [-0.05, 0) is 17.7 Å². The molecule has 1 nitrogen and oxygen atoms in total. The Morgan fingerprint density at radius 1 is 1.29 bits per heavy atom. The van der Waals surface area contributed by atoms with Crippen molar-refractivity contribution in [1.82, 2.24) is 0 Å². The topological polar surface area (TPSA) is 20.2 Å². The van der Waals surface area contributed by atoms with Crippen LogP contribution in [-0.2, 0) is 0 Å². The van der Waals surface area contributed by atoms with Gasteiger partial charge in [-0.1, -0.05) is 23.7 Å². The molecule has 1 N–H and O–H groups in total. The predicted molar refractivity (Wildman–Crippen MR) is 54.3 cm³/mol. The minimum absolute atomic E-state index is 0. The van der Waals surface area contributed by atoms with E-state index < -0.39 is 12.0 Å². The van der Waals surface area contributed by atoms with Crippen LogP contribution in [0.25, 0.3) is 0 Å². The third-order valence-electron chi connectivity index (χ3n) is 1.67. The van der Waals surface area contributed by atoms with E-state index in [9.17, 15) is 8.78 Å². The summed E-state index contributed by atoms with van der Waals surface area (Å²) in [6.07, 6.45) is -1.77. The zero-order valence-electron chi connectivity index (χ0n) is 7.38. The van der Waals surface area contributed by atoms with E-state index in [-0.39, 0.29) is 18.0 Å². The Balaban J connectivity index is 0.00000169. The first-order valence-electron chi connectivity index (χ1n) is 3.72. The second-order valence-electron chi connectivity index (χ2n) is 2.91. The summed E-state index contributed by atoms with van der Waals surface area (Å²) >= 11 is 5.56. The van der Waals surface area contributed by atoms with Gasteiger partial charge in [0.2, 0.25) is 0 Å². The van der Waals surface area contributed by atoms with Crippen LogP contribution in [0.1, 0.15) is 18.6 Å². The number of aliphatic hydroxyl groups excluding tert-OH is 1. The standard InChI is InChI=1S/C9H9ClF2O.ClH/c1-9(11,12)8(13)6-2-4-7(10)5-3-6;/h2-5,8,13H,1H3;1H. The van der Waals surface area contributed by atoms with Gasteiger partial charge in [0.1, 0.15) is 6.10 Å². The molecule has 1 aromatic rings. The van der Waals surface area contributed by atoms with Crippen LogP contribution < -0.4 is 0 Å². The lowest BCUT2D eigenvalue weighted by atomic mass is 10.1. The molecule has 0 radical (unpaired) electrons. The molecule has 80 valence electrons. The Hall–Kier alpha value is -0.380. The van der Waals surface area contributed by atoms with Crippen molar-refractivity contribution < 1.29 is 13.9 Å². The summed E-state index contributed by atoms with van der Waals surface area (Å²) in [7, 11) is 0. The lowest BCUT2D eigenvalue weighted by molar-refractivity contribution is -0.0954. The molecular weight excluding hydrogens is 233 g/mol. The maximum Gasteiger partial charge on any atom is 0.274 e. The fraction of sp³-hybridized carbons (Fsp3) is 0.333. The van der Waals surface area contributed by atoms with Crippen LogP contribution in [-0.4, -0.2) is 11.0 Å². The molecule has 5 heteroatoms. The third-order valence-corrected chi connectivity index (χ3v) is 1.92. The third kappa shape index (κ3) is 3.40. The van der Waals surface area contributed by atoms with Crippen LogP contribution in [0.4, 0.5) is 8.78 Å². The number of aliphatic hydroxyl groups is 1. The van der Waals surface area contributed by atoms with Crippen molar-refractivity contribution in [2.24, 2.45) is 0 Å². The van der Waals surface area contributed by atoms with E-state index in [2.05, 4.69) is 0 Å². The molecule has 0 aliphatic carbocycles. The summed E-state index contributed by atoms with van der Waals surface area (Å²) in [5.41, 5.74) is 0.164. The number of hydrogen-bond donors (Lipinski definition) is 1. The molecule has 1 atom stereocenters. The Kier molecular flexibility index (Phi) is 4.78. The van der Waals surface area contributed by atoms with E-state index in [1.165, 1.54) is 24.3 Å². The predicted octanol–water partition coefficient (Wildman–Crippen LogP) is 3.45. The maximum absolute atomic E-state index is 12.6. The summed E-state index contributed by atoms with van der Waals surface area (Å²) in [6, 6.07) is 5.69. The number of benzene rings is 1. The van der Waals surface area contributed by atoms with E-state index >= 15 is 0 Å². The van der Waals surface area contributed by atoms with Gasteiger partial charge in [-0.15, -0.1) is 12.4 Å².